The topological polar surface area (TPSA) is 63.8 Å². The highest BCUT2D eigenvalue weighted by Crippen LogP contribution is 2.03. The minimum atomic E-state index is -0.194. The van der Waals surface area contributed by atoms with Gasteiger partial charge in [0, 0.05) is 0 Å². The molecule has 2 aromatic rings. The number of hydrogen-bond donors (Lipinski definition) is 2. The molecule has 4 heteroatoms. The Hall–Kier alpha value is -1.71. The maximum Gasteiger partial charge on any atom is 0.293 e. The van der Waals surface area contributed by atoms with Gasteiger partial charge in [-0.1, -0.05) is 12.1 Å². The van der Waals surface area contributed by atoms with Crippen molar-refractivity contribution in [2.24, 2.45) is 0 Å². The molecule has 3 N–H and O–H groups in total. The van der Waals surface area contributed by atoms with Gasteiger partial charge >= 0.3 is 0 Å². The van der Waals surface area contributed by atoms with E-state index in [9.17, 15) is 4.79 Å². The highest BCUT2D eigenvalue weighted by molar-refractivity contribution is 5.77. The second kappa shape index (κ2) is 1.88. The fourth-order valence-electron chi connectivity index (χ4n) is 1.08. The Kier molecular flexibility index (Phi) is 1.03. The molecule has 0 aliphatic carbocycles. The van der Waals surface area contributed by atoms with E-state index < -0.39 is 0 Å². The van der Waals surface area contributed by atoms with E-state index in [1.807, 2.05) is 6.07 Å². The van der Waals surface area contributed by atoms with Crippen molar-refractivity contribution in [2.45, 2.75) is 0 Å². The third-order valence-electron chi connectivity index (χ3n) is 1.62. The summed E-state index contributed by atoms with van der Waals surface area (Å²) in [7, 11) is 0. The van der Waals surface area contributed by atoms with Crippen molar-refractivity contribution in [1.82, 2.24) is 9.89 Å². The molecular weight excluding hydrogens is 142 g/mol. The highest BCUT2D eigenvalue weighted by atomic mass is 16.1. The Morgan fingerprint density at radius 2 is 2.09 bits per heavy atom. The van der Waals surface area contributed by atoms with Gasteiger partial charge in [-0.25, -0.2) is 0 Å². The van der Waals surface area contributed by atoms with Gasteiger partial charge in [-0.3, -0.25) is 9.89 Å². The Balaban J connectivity index is 3.04. The van der Waals surface area contributed by atoms with E-state index in [0.717, 1.165) is 10.3 Å². The van der Waals surface area contributed by atoms with Crippen LogP contribution in [0.5, 0.6) is 0 Å². The lowest BCUT2D eigenvalue weighted by Gasteiger charge is -1.83. The van der Waals surface area contributed by atoms with Crippen molar-refractivity contribution in [3.63, 3.8) is 0 Å². The van der Waals surface area contributed by atoms with E-state index >= 15 is 0 Å². The van der Waals surface area contributed by atoms with Crippen molar-refractivity contribution in [2.75, 3.05) is 5.84 Å². The molecule has 11 heavy (non-hydrogen) atoms. The summed E-state index contributed by atoms with van der Waals surface area (Å²) in [6.45, 7) is 0. The van der Waals surface area contributed by atoms with Crippen LogP contribution in [0.2, 0.25) is 0 Å². The van der Waals surface area contributed by atoms with Crippen molar-refractivity contribution >= 4 is 10.9 Å². The van der Waals surface area contributed by atoms with E-state index in [-0.39, 0.29) is 5.56 Å². The molecule has 56 valence electrons. The van der Waals surface area contributed by atoms with Crippen molar-refractivity contribution in [3.05, 3.63) is 34.6 Å². The van der Waals surface area contributed by atoms with E-state index in [0.29, 0.717) is 5.39 Å². The molecule has 0 saturated carbocycles. The van der Waals surface area contributed by atoms with Crippen LogP contribution < -0.4 is 11.4 Å². The lowest BCUT2D eigenvalue weighted by molar-refractivity contribution is 0.815. The van der Waals surface area contributed by atoms with Crippen LogP contribution in [0.25, 0.3) is 10.9 Å². The van der Waals surface area contributed by atoms with Crippen LogP contribution >= 0.6 is 0 Å². The third kappa shape index (κ3) is 0.724. The summed E-state index contributed by atoms with van der Waals surface area (Å²) in [6, 6.07) is 7.19. The average molecular weight is 149 g/mol. The molecule has 0 fully saturated rings. The Labute approximate surface area is 62.2 Å². The predicted octanol–water partition coefficient (Wildman–Crippen LogP) is 0.0434. The number of aromatic amines is 1. The number of nitrogens with zero attached hydrogens (tertiary/aromatic N) is 1. The second-order valence-electron chi connectivity index (χ2n) is 2.33. The standard InChI is InChI=1S/C7H7N3O/c8-10-7(11)5-3-1-2-4-6(5)9-10/h1-4,9H,8H2. The smallest absolute Gasteiger partial charge is 0.293 e. The number of benzene rings is 1. The summed E-state index contributed by atoms with van der Waals surface area (Å²) in [5.41, 5.74) is 0.570. The van der Waals surface area contributed by atoms with Gasteiger partial charge in [0.1, 0.15) is 0 Å². The Morgan fingerprint density at radius 3 is 2.82 bits per heavy atom. The summed E-state index contributed by atoms with van der Waals surface area (Å²) in [4.78, 5) is 12.1. The maximum absolute atomic E-state index is 11.1. The molecule has 2 rings (SSSR count). The van der Waals surface area contributed by atoms with E-state index in [2.05, 4.69) is 5.10 Å². The Morgan fingerprint density at radius 1 is 1.36 bits per heavy atom. The zero-order valence-electron chi connectivity index (χ0n) is 5.74. The lowest BCUT2D eigenvalue weighted by atomic mass is 10.3. The van der Waals surface area contributed by atoms with Crippen LogP contribution in [-0.2, 0) is 0 Å². The molecule has 1 aromatic heterocycles. The van der Waals surface area contributed by atoms with Gasteiger partial charge in [-0.05, 0) is 12.1 Å². The average Bonchev–Trinajstić information content (AvgIpc) is 2.30. The molecule has 0 unspecified atom stereocenters. The lowest BCUT2D eigenvalue weighted by Crippen LogP contribution is -2.24. The second-order valence-corrected chi connectivity index (χ2v) is 2.33. The van der Waals surface area contributed by atoms with Crippen molar-refractivity contribution in [1.29, 1.82) is 0 Å². The first kappa shape index (κ1) is 6.03. The van der Waals surface area contributed by atoms with Crippen LogP contribution in [0.1, 0.15) is 0 Å². The zero-order valence-corrected chi connectivity index (χ0v) is 5.74. The predicted molar refractivity (Wildman–Crippen MR) is 42.7 cm³/mol. The van der Waals surface area contributed by atoms with Gasteiger partial charge < -0.3 is 5.84 Å². The summed E-state index contributed by atoms with van der Waals surface area (Å²) < 4.78 is 0. The molecule has 1 heterocycles. The Bertz CT molecular complexity index is 440. The molecule has 0 spiro atoms. The quantitative estimate of drug-likeness (QED) is 0.519. The normalized spacial score (nSPS) is 10.5. The molecule has 0 bridgehead atoms. The fraction of sp³-hybridized carbons (Fsp3) is 0. The van der Waals surface area contributed by atoms with E-state index in [4.69, 9.17) is 5.84 Å². The van der Waals surface area contributed by atoms with Crippen LogP contribution in [0, 0.1) is 0 Å². The minimum absolute atomic E-state index is 0.194. The van der Waals surface area contributed by atoms with Gasteiger partial charge in [0.25, 0.3) is 5.56 Å². The fourth-order valence-corrected chi connectivity index (χ4v) is 1.08. The molecule has 0 aliphatic rings. The number of para-hydroxylation sites is 1. The van der Waals surface area contributed by atoms with Gasteiger partial charge in [0.2, 0.25) is 0 Å². The van der Waals surface area contributed by atoms with Gasteiger partial charge in [-0.15, -0.1) is 0 Å². The molecule has 4 nitrogen and oxygen atoms in total. The van der Waals surface area contributed by atoms with Crippen LogP contribution in [0.4, 0.5) is 0 Å². The maximum atomic E-state index is 11.1. The molecule has 0 saturated heterocycles. The molecule has 0 radical (unpaired) electrons. The number of H-pyrrole nitrogens is 1. The molecular formula is C7H7N3O. The zero-order chi connectivity index (χ0) is 7.84. The number of nitrogens with two attached hydrogens (primary N) is 1. The van der Waals surface area contributed by atoms with E-state index in [1.54, 1.807) is 18.2 Å². The summed E-state index contributed by atoms with van der Waals surface area (Å²) in [5, 5.41) is 3.33. The number of rotatable bonds is 0. The van der Waals surface area contributed by atoms with Crippen molar-refractivity contribution in [3.8, 4) is 0 Å². The SMILES string of the molecule is Nn1[nH]c2ccccc2c1=O. The molecule has 0 atom stereocenters. The largest absolute Gasteiger partial charge is 0.321 e. The summed E-state index contributed by atoms with van der Waals surface area (Å²) >= 11 is 0. The highest BCUT2D eigenvalue weighted by Gasteiger charge is 2.00. The number of nitrogen functional groups attached to an aromatic ring is 1. The first-order valence-electron chi connectivity index (χ1n) is 3.24. The van der Waals surface area contributed by atoms with Gasteiger partial charge in [0.05, 0.1) is 10.9 Å². The van der Waals surface area contributed by atoms with Gasteiger partial charge in [-0.2, -0.15) is 4.79 Å². The van der Waals surface area contributed by atoms with Crippen LogP contribution in [0.15, 0.2) is 29.1 Å². The van der Waals surface area contributed by atoms with Gasteiger partial charge in [0.15, 0.2) is 0 Å². The summed E-state index contributed by atoms with van der Waals surface area (Å²) in [5.74, 6) is 5.30. The number of fused-ring (bicyclic) bond motifs is 1. The molecule has 0 aliphatic heterocycles. The first-order chi connectivity index (χ1) is 5.29. The van der Waals surface area contributed by atoms with E-state index in [1.165, 1.54) is 0 Å². The molecule has 1 aromatic carbocycles. The van der Waals surface area contributed by atoms with Crippen LogP contribution in [-0.4, -0.2) is 9.89 Å². The minimum Gasteiger partial charge on any atom is -0.321 e. The first-order valence-corrected chi connectivity index (χ1v) is 3.24. The number of nitrogens with one attached hydrogen (secondary N) is 1. The van der Waals surface area contributed by atoms with Crippen molar-refractivity contribution < 1.29 is 0 Å². The monoisotopic (exact) mass is 149 g/mol. The third-order valence-corrected chi connectivity index (χ3v) is 1.62. The number of aromatic nitrogens is 2. The number of hydrogen-bond acceptors (Lipinski definition) is 2. The summed E-state index contributed by atoms with van der Waals surface area (Å²) in [6.07, 6.45) is 0. The van der Waals surface area contributed by atoms with Crippen LogP contribution in [0.3, 0.4) is 0 Å². The molecule has 0 amide bonds.